The summed E-state index contributed by atoms with van der Waals surface area (Å²) >= 11 is 0. The van der Waals surface area contributed by atoms with E-state index >= 15 is 0 Å². The number of ether oxygens (including phenoxy) is 4. The summed E-state index contributed by atoms with van der Waals surface area (Å²) in [6.45, 7) is 13.6. The molecule has 1 N–H and O–H groups in total. The van der Waals surface area contributed by atoms with Crippen LogP contribution in [0.1, 0.15) is 66.2 Å². The average molecular weight is 360 g/mol. The lowest BCUT2D eigenvalue weighted by Gasteiger charge is -2.01. The van der Waals surface area contributed by atoms with Crippen LogP contribution in [-0.4, -0.2) is 49.4 Å². The summed E-state index contributed by atoms with van der Waals surface area (Å²) < 4.78 is 19.2. The van der Waals surface area contributed by atoms with Gasteiger partial charge in [0.05, 0.1) is 24.6 Å². The van der Waals surface area contributed by atoms with E-state index < -0.39 is 6.16 Å². The molecule has 0 amide bonds. The first-order valence-electron chi connectivity index (χ1n) is 9.32. The van der Waals surface area contributed by atoms with Crippen LogP contribution in [0.5, 0.6) is 0 Å². The Bertz CT molecular complexity index is 342. The molecule has 25 heavy (non-hydrogen) atoms. The van der Waals surface area contributed by atoms with Crippen molar-refractivity contribution in [1.82, 2.24) is 0 Å². The molecular weight excluding hydrogens is 324 g/mol. The van der Waals surface area contributed by atoms with Gasteiger partial charge in [0, 0.05) is 13.0 Å². The van der Waals surface area contributed by atoms with Crippen LogP contribution >= 0.6 is 0 Å². The van der Waals surface area contributed by atoms with E-state index in [0.717, 1.165) is 31.8 Å². The van der Waals surface area contributed by atoms with Gasteiger partial charge in [-0.25, -0.2) is 4.79 Å². The molecule has 0 aromatic rings. The van der Waals surface area contributed by atoms with Crippen LogP contribution in [0.4, 0.5) is 4.79 Å². The van der Waals surface area contributed by atoms with E-state index in [-0.39, 0.29) is 12.2 Å². The Morgan fingerprint density at radius 3 is 2.08 bits per heavy atom. The van der Waals surface area contributed by atoms with Crippen molar-refractivity contribution in [2.24, 2.45) is 0 Å². The van der Waals surface area contributed by atoms with Crippen molar-refractivity contribution in [2.45, 2.75) is 84.5 Å². The Morgan fingerprint density at radius 2 is 1.92 bits per heavy atom. The molecule has 6 nitrogen and oxygen atoms in total. The molecule has 0 radical (unpaired) electrons. The Labute approximate surface area is 152 Å². The summed E-state index contributed by atoms with van der Waals surface area (Å²) in [7, 11) is 0. The molecule has 0 aliphatic carbocycles. The van der Waals surface area contributed by atoms with Gasteiger partial charge in [-0.3, -0.25) is 0 Å². The highest BCUT2D eigenvalue weighted by atomic mass is 16.8. The van der Waals surface area contributed by atoms with Crippen molar-refractivity contribution in [3.63, 3.8) is 0 Å². The molecular formula is C19H36O6. The number of carbonyl (C=O) groups is 1. The predicted molar refractivity (Wildman–Crippen MR) is 97.5 cm³/mol. The minimum absolute atomic E-state index is 0.0486. The lowest BCUT2D eigenvalue weighted by atomic mass is 10.2. The van der Waals surface area contributed by atoms with Gasteiger partial charge in [-0.15, -0.1) is 0 Å². The highest BCUT2D eigenvalue weighted by Gasteiger charge is 2.19. The van der Waals surface area contributed by atoms with E-state index in [2.05, 4.69) is 23.0 Å². The van der Waals surface area contributed by atoms with E-state index in [1.807, 2.05) is 6.92 Å². The molecule has 3 aliphatic heterocycles. The molecule has 3 aliphatic rings. The number of hydrogen-bond acceptors (Lipinski definition) is 6. The second-order valence-corrected chi connectivity index (χ2v) is 6.28. The van der Waals surface area contributed by atoms with Crippen LogP contribution in [0, 0.1) is 0 Å². The Hall–Kier alpha value is -1.27. The second-order valence-electron chi connectivity index (χ2n) is 6.28. The standard InChI is InChI=1S/C6H12O.C5H8O.C4H6O3.C4H10O/c1-2-6-4-3-5-7-6;1-5-3-2-4-6-5;1-3-2-6-4(5)7-3;1-3-4(2)5/h6H,2-5H2,1H3;1-4H2;3H,2H2,1H3;4-5H,3H2,1-2H3. The normalized spacial score (nSPS) is 25.0. The SMILES string of the molecule is C=C1CCCO1.CC1COC(=O)O1.CCC(C)O.CCC1CCCO1. The zero-order valence-corrected chi connectivity index (χ0v) is 16.3. The van der Waals surface area contributed by atoms with Crippen LogP contribution in [0.15, 0.2) is 12.3 Å². The minimum Gasteiger partial charge on any atom is -0.499 e. The highest BCUT2D eigenvalue weighted by Crippen LogP contribution is 2.13. The molecule has 3 atom stereocenters. The minimum atomic E-state index is -0.549. The maximum Gasteiger partial charge on any atom is 0.508 e. The Kier molecular flexibility index (Phi) is 14.3. The fourth-order valence-corrected chi connectivity index (χ4v) is 1.94. The van der Waals surface area contributed by atoms with Gasteiger partial charge in [0.15, 0.2) is 0 Å². The summed E-state index contributed by atoms with van der Waals surface area (Å²) in [6.07, 6.45) is 6.74. The number of allylic oxidation sites excluding steroid dienone is 1. The topological polar surface area (TPSA) is 74.2 Å². The fourth-order valence-electron chi connectivity index (χ4n) is 1.94. The lowest BCUT2D eigenvalue weighted by molar-refractivity contribution is 0.108. The van der Waals surface area contributed by atoms with Crippen molar-refractivity contribution >= 4 is 6.16 Å². The first-order chi connectivity index (χ1) is 11.9. The molecule has 6 heteroatoms. The summed E-state index contributed by atoms with van der Waals surface area (Å²) in [6, 6.07) is 0. The monoisotopic (exact) mass is 360 g/mol. The van der Waals surface area contributed by atoms with Gasteiger partial charge in [-0.1, -0.05) is 20.4 Å². The van der Waals surface area contributed by atoms with E-state index in [4.69, 9.17) is 14.6 Å². The second kappa shape index (κ2) is 15.0. The van der Waals surface area contributed by atoms with E-state index in [0.29, 0.717) is 12.7 Å². The largest absolute Gasteiger partial charge is 0.508 e. The van der Waals surface area contributed by atoms with Crippen molar-refractivity contribution < 1.29 is 28.8 Å². The number of aliphatic hydroxyl groups excluding tert-OH is 1. The van der Waals surface area contributed by atoms with Crippen LogP contribution < -0.4 is 0 Å². The summed E-state index contributed by atoms with van der Waals surface area (Å²) in [4.78, 5) is 10.0. The number of rotatable bonds is 2. The highest BCUT2D eigenvalue weighted by molar-refractivity contribution is 5.61. The number of aliphatic hydroxyl groups is 1. The lowest BCUT2D eigenvalue weighted by Crippen LogP contribution is -2.01. The smallest absolute Gasteiger partial charge is 0.499 e. The fraction of sp³-hybridized carbons (Fsp3) is 0.842. The van der Waals surface area contributed by atoms with Crippen LogP contribution in [0.25, 0.3) is 0 Å². The molecule has 0 aromatic heterocycles. The van der Waals surface area contributed by atoms with Crippen LogP contribution in [-0.2, 0) is 18.9 Å². The summed E-state index contributed by atoms with van der Waals surface area (Å²) in [5.41, 5.74) is 0. The number of carbonyl (C=O) groups excluding carboxylic acids is 1. The predicted octanol–water partition coefficient (Wildman–Crippen LogP) is 4.20. The van der Waals surface area contributed by atoms with Gasteiger partial charge in [0.1, 0.15) is 12.7 Å². The molecule has 0 bridgehead atoms. The Morgan fingerprint density at radius 1 is 1.24 bits per heavy atom. The van der Waals surface area contributed by atoms with Gasteiger partial charge < -0.3 is 24.1 Å². The van der Waals surface area contributed by atoms with Gasteiger partial charge >= 0.3 is 6.16 Å². The Balaban J connectivity index is 0.000000310. The van der Waals surface area contributed by atoms with Gasteiger partial charge in [-0.05, 0) is 46.0 Å². The first kappa shape index (κ1) is 23.7. The first-order valence-corrected chi connectivity index (χ1v) is 9.32. The quantitative estimate of drug-likeness (QED) is 0.744. The van der Waals surface area contributed by atoms with Crippen LogP contribution in [0.2, 0.25) is 0 Å². The molecule has 0 aromatic carbocycles. The molecule has 3 fully saturated rings. The van der Waals surface area contributed by atoms with E-state index in [1.165, 1.54) is 25.7 Å². The molecule has 0 saturated carbocycles. The summed E-state index contributed by atoms with van der Waals surface area (Å²) in [5, 5.41) is 8.36. The molecule has 0 spiro atoms. The molecule has 3 unspecified atom stereocenters. The van der Waals surface area contributed by atoms with Gasteiger partial charge in [0.2, 0.25) is 0 Å². The van der Waals surface area contributed by atoms with Crippen molar-refractivity contribution in [1.29, 1.82) is 0 Å². The van der Waals surface area contributed by atoms with Crippen molar-refractivity contribution in [3.8, 4) is 0 Å². The number of hydrogen-bond donors (Lipinski definition) is 1. The maximum atomic E-state index is 10.0. The van der Waals surface area contributed by atoms with Gasteiger partial charge in [-0.2, -0.15) is 0 Å². The molecule has 3 heterocycles. The zero-order chi connectivity index (χ0) is 19.1. The third-order valence-corrected chi connectivity index (χ3v) is 3.71. The van der Waals surface area contributed by atoms with E-state index in [9.17, 15) is 4.79 Å². The van der Waals surface area contributed by atoms with E-state index in [1.54, 1.807) is 13.8 Å². The molecule has 3 rings (SSSR count). The molecule has 3 saturated heterocycles. The van der Waals surface area contributed by atoms with Crippen LogP contribution in [0.3, 0.4) is 0 Å². The third kappa shape index (κ3) is 14.8. The molecule has 148 valence electrons. The third-order valence-electron chi connectivity index (χ3n) is 3.71. The van der Waals surface area contributed by atoms with Crippen molar-refractivity contribution in [3.05, 3.63) is 12.3 Å². The number of cyclic esters (lactones) is 2. The van der Waals surface area contributed by atoms with Gasteiger partial charge in [0.25, 0.3) is 0 Å². The average Bonchev–Trinajstić information content (AvgIpc) is 3.33. The zero-order valence-electron chi connectivity index (χ0n) is 16.3. The summed E-state index contributed by atoms with van der Waals surface area (Å²) in [5.74, 6) is 0.954. The van der Waals surface area contributed by atoms with Crippen molar-refractivity contribution in [2.75, 3.05) is 19.8 Å². The maximum absolute atomic E-state index is 10.0.